The van der Waals surface area contributed by atoms with E-state index in [4.69, 9.17) is 12.2 Å². The van der Waals surface area contributed by atoms with Crippen molar-refractivity contribution >= 4 is 23.8 Å². The van der Waals surface area contributed by atoms with Gasteiger partial charge in [-0.25, -0.2) is 4.39 Å². The Bertz CT molecular complexity index is 1090. The van der Waals surface area contributed by atoms with Crippen molar-refractivity contribution in [1.82, 2.24) is 14.8 Å². The molecule has 0 saturated carbocycles. The summed E-state index contributed by atoms with van der Waals surface area (Å²) in [6, 6.07) is 9.87. The number of hydrogen-bond acceptors (Lipinski definition) is 3. The minimum atomic E-state index is -4.85. The van der Waals surface area contributed by atoms with E-state index in [0.717, 1.165) is 17.2 Å². The van der Waals surface area contributed by atoms with Gasteiger partial charge in [0.1, 0.15) is 5.82 Å². The number of carbonyl (C=O) groups excluding carboxylic acids is 1. The van der Waals surface area contributed by atoms with E-state index < -0.39 is 23.5 Å². The minimum Gasteiger partial charge on any atom is -0.326 e. The summed E-state index contributed by atoms with van der Waals surface area (Å²) < 4.78 is 53.7. The van der Waals surface area contributed by atoms with Crippen LogP contribution in [0.1, 0.15) is 17.5 Å². The van der Waals surface area contributed by atoms with Gasteiger partial charge in [-0.15, -0.1) is 0 Å². The number of nitrogens with zero attached hydrogens (tertiary/aromatic N) is 2. The number of aromatic nitrogens is 3. The van der Waals surface area contributed by atoms with Crippen molar-refractivity contribution in [2.45, 2.75) is 26.1 Å². The Kier molecular flexibility index (Phi) is 5.83. The molecule has 0 aliphatic heterocycles. The number of H-pyrrole nitrogens is 1. The third kappa shape index (κ3) is 4.89. The minimum absolute atomic E-state index is 0.0641. The molecule has 0 unspecified atom stereocenters. The summed E-state index contributed by atoms with van der Waals surface area (Å²) in [7, 11) is 0. The zero-order chi connectivity index (χ0) is 21.2. The number of aryl methyl sites for hydroxylation is 1. The van der Waals surface area contributed by atoms with E-state index in [1.807, 2.05) is 31.2 Å². The Labute approximate surface area is 168 Å². The van der Waals surface area contributed by atoms with Gasteiger partial charge in [-0.2, -0.15) is 18.3 Å². The first-order chi connectivity index (χ1) is 13.6. The third-order valence-corrected chi connectivity index (χ3v) is 4.50. The predicted octanol–water partition coefficient (Wildman–Crippen LogP) is 5.10. The smallest absolute Gasteiger partial charge is 0.326 e. The summed E-state index contributed by atoms with van der Waals surface area (Å²) in [4.78, 5) is 12.2. The number of aromatic amines is 1. The maximum absolute atomic E-state index is 13.4. The van der Waals surface area contributed by atoms with Gasteiger partial charge in [0.2, 0.25) is 5.91 Å². The molecule has 0 atom stereocenters. The predicted molar refractivity (Wildman–Crippen MR) is 102 cm³/mol. The zero-order valence-electron chi connectivity index (χ0n) is 15.2. The van der Waals surface area contributed by atoms with Crippen LogP contribution in [0.3, 0.4) is 0 Å². The number of anilines is 1. The fraction of sp³-hybridized carbons (Fsp3) is 0.211. The van der Waals surface area contributed by atoms with Gasteiger partial charge in [-0.05, 0) is 37.3 Å². The summed E-state index contributed by atoms with van der Waals surface area (Å²) in [5, 5.41) is 9.19. The first-order valence-electron chi connectivity index (χ1n) is 8.54. The lowest BCUT2D eigenvalue weighted by atomic mass is 10.1. The molecule has 0 saturated heterocycles. The van der Waals surface area contributed by atoms with Crippen LogP contribution in [0.15, 0.2) is 42.5 Å². The van der Waals surface area contributed by atoms with Crippen molar-refractivity contribution in [2.24, 2.45) is 0 Å². The molecule has 0 spiro atoms. The molecular weight excluding hydrogens is 408 g/mol. The highest BCUT2D eigenvalue weighted by Gasteiger charge is 2.34. The summed E-state index contributed by atoms with van der Waals surface area (Å²) in [5.74, 6) is -1.39. The van der Waals surface area contributed by atoms with E-state index in [2.05, 4.69) is 15.5 Å². The fourth-order valence-electron chi connectivity index (χ4n) is 2.71. The molecule has 3 rings (SSSR count). The molecule has 1 aromatic heterocycles. The van der Waals surface area contributed by atoms with Crippen molar-refractivity contribution in [3.8, 4) is 11.4 Å². The Morgan fingerprint density at radius 2 is 1.90 bits per heavy atom. The average molecular weight is 424 g/mol. The lowest BCUT2D eigenvalue weighted by molar-refractivity contribution is -0.140. The molecule has 5 nitrogen and oxygen atoms in total. The Hall–Kier alpha value is -3.01. The summed E-state index contributed by atoms with van der Waals surface area (Å²) in [6.07, 6.45) is -4.91. The second-order valence-electron chi connectivity index (χ2n) is 6.36. The molecule has 1 amide bonds. The monoisotopic (exact) mass is 424 g/mol. The normalized spacial score (nSPS) is 11.5. The number of amides is 1. The van der Waals surface area contributed by atoms with Crippen LogP contribution in [0.2, 0.25) is 0 Å². The maximum atomic E-state index is 13.4. The zero-order valence-corrected chi connectivity index (χ0v) is 16.0. The Balaban J connectivity index is 1.72. The number of hydrogen-bond donors (Lipinski definition) is 2. The van der Waals surface area contributed by atoms with Gasteiger partial charge in [0.05, 0.1) is 5.56 Å². The summed E-state index contributed by atoms with van der Waals surface area (Å²) in [6.45, 7) is 2.11. The molecular formula is C19H16F4N4OS. The van der Waals surface area contributed by atoms with Gasteiger partial charge in [0, 0.05) is 24.2 Å². The van der Waals surface area contributed by atoms with E-state index in [9.17, 15) is 22.4 Å². The van der Waals surface area contributed by atoms with Crippen molar-refractivity contribution in [3.05, 3.63) is 64.2 Å². The first-order valence-corrected chi connectivity index (χ1v) is 8.95. The highest BCUT2D eigenvalue weighted by molar-refractivity contribution is 7.71. The molecule has 0 bridgehead atoms. The molecule has 2 N–H and O–H groups in total. The largest absolute Gasteiger partial charge is 0.419 e. The van der Waals surface area contributed by atoms with Crippen LogP contribution < -0.4 is 5.32 Å². The number of carbonyl (C=O) groups is 1. The third-order valence-electron chi connectivity index (χ3n) is 4.19. The van der Waals surface area contributed by atoms with Crippen molar-refractivity contribution in [3.63, 3.8) is 0 Å². The molecule has 0 aliphatic rings. The number of halogens is 4. The molecule has 3 aromatic rings. The van der Waals surface area contributed by atoms with Crippen LogP contribution in [0.5, 0.6) is 0 Å². The average Bonchev–Trinajstić information content (AvgIpc) is 3.02. The fourth-order valence-corrected chi connectivity index (χ4v) is 2.93. The van der Waals surface area contributed by atoms with Gasteiger partial charge in [-0.1, -0.05) is 29.8 Å². The van der Waals surface area contributed by atoms with Gasteiger partial charge >= 0.3 is 6.18 Å². The van der Waals surface area contributed by atoms with Crippen LogP contribution in [-0.2, 0) is 17.5 Å². The molecule has 10 heteroatoms. The van der Waals surface area contributed by atoms with Gasteiger partial charge in [-0.3, -0.25) is 14.5 Å². The first kappa shape index (κ1) is 20.7. The van der Waals surface area contributed by atoms with E-state index in [0.29, 0.717) is 22.7 Å². The Morgan fingerprint density at radius 3 is 2.55 bits per heavy atom. The lowest BCUT2D eigenvalue weighted by Crippen LogP contribution is -2.16. The summed E-state index contributed by atoms with van der Waals surface area (Å²) >= 11 is 5.20. The molecule has 0 aliphatic carbocycles. The van der Waals surface area contributed by atoms with Gasteiger partial charge in [0.25, 0.3) is 0 Å². The van der Waals surface area contributed by atoms with Crippen LogP contribution in [0, 0.1) is 17.5 Å². The number of alkyl halides is 3. The number of benzene rings is 2. The van der Waals surface area contributed by atoms with Crippen molar-refractivity contribution < 1.29 is 22.4 Å². The van der Waals surface area contributed by atoms with Gasteiger partial charge in [0.15, 0.2) is 10.6 Å². The quantitative estimate of drug-likeness (QED) is 0.442. The van der Waals surface area contributed by atoms with Crippen molar-refractivity contribution in [2.75, 3.05) is 5.32 Å². The topological polar surface area (TPSA) is 62.7 Å². The molecule has 0 fully saturated rings. The Morgan fingerprint density at radius 1 is 1.21 bits per heavy atom. The van der Waals surface area contributed by atoms with E-state index in [1.165, 1.54) is 0 Å². The summed E-state index contributed by atoms with van der Waals surface area (Å²) in [5.41, 5.74) is 0.301. The van der Waals surface area contributed by atoms with Crippen LogP contribution >= 0.6 is 12.2 Å². The van der Waals surface area contributed by atoms with Crippen molar-refractivity contribution in [1.29, 1.82) is 0 Å². The number of rotatable bonds is 5. The molecule has 29 heavy (non-hydrogen) atoms. The van der Waals surface area contributed by atoms with Crippen LogP contribution in [-0.4, -0.2) is 20.7 Å². The molecule has 2 aromatic carbocycles. The second-order valence-corrected chi connectivity index (χ2v) is 6.75. The van der Waals surface area contributed by atoms with E-state index >= 15 is 0 Å². The van der Waals surface area contributed by atoms with Gasteiger partial charge < -0.3 is 5.32 Å². The van der Waals surface area contributed by atoms with Crippen LogP contribution in [0.25, 0.3) is 11.4 Å². The molecule has 0 radical (unpaired) electrons. The standard InChI is InChI=1S/C19H16F4N4OS/c1-11-2-4-12(5-3-11)17-25-26-18(29)27(17)9-8-16(28)24-13-6-7-15(20)14(10-13)19(21,22)23/h2-7,10H,8-9H2,1H3,(H,24,28)(H,26,29). The van der Waals surface area contributed by atoms with E-state index in [-0.39, 0.29) is 18.7 Å². The van der Waals surface area contributed by atoms with Crippen LogP contribution in [0.4, 0.5) is 23.2 Å². The second kappa shape index (κ2) is 8.16. The maximum Gasteiger partial charge on any atom is 0.419 e. The highest BCUT2D eigenvalue weighted by atomic mass is 32.1. The highest BCUT2D eigenvalue weighted by Crippen LogP contribution is 2.33. The number of nitrogens with one attached hydrogen (secondary N) is 2. The van der Waals surface area contributed by atoms with E-state index in [1.54, 1.807) is 4.57 Å². The molecule has 1 heterocycles. The SMILES string of the molecule is Cc1ccc(-c2n[nH]c(=S)n2CCC(=O)Nc2ccc(F)c(C(F)(F)F)c2)cc1. The molecule has 152 valence electrons. The lowest BCUT2D eigenvalue weighted by Gasteiger charge is -2.11.